The summed E-state index contributed by atoms with van der Waals surface area (Å²) in [7, 11) is 0. The van der Waals surface area contributed by atoms with Crippen LogP contribution in [0.2, 0.25) is 0 Å². The first-order valence-electron chi connectivity index (χ1n) is 6.43. The summed E-state index contributed by atoms with van der Waals surface area (Å²) in [5, 5.41) is 9.20. The lowest BCUT2D eigenvalue weighted by molar-refractivity contribution is -0.138. The van der Waals surface area contributed by atoms with Gasteiger partial charge in [-0.1, -0.05) is 12.1 Å². The number of phenolic OH excluding ortho intramolecular Hbond substituents is 1. The molecule has 0 aliphatic heterocycles. The number of aromatic hydroxyl groups is 1. The third kappa shape index (κ3) is 4.55. The summed E-state index contributed by atoms with van der Waals surface area (Å²) in [5.74, 6) is -0.720. The fourth-order valence-electron chi connectivity index (χ4n) is 1.87. The van der Waals surface area contributed by atoms with Gasteiger partial charge in [-0.15, -0.1) is 0 Å². The van der Waals surface area contributed by atoms with E-state index >= 15 is 0 Å². The number of rotatable bonds is 6. The van der Waals surface area contributed by atoms with Gasteiger partial charge in [0.1, 0.15) is 5.75 Å². The van der Waals surface area contributed by atoms with E-state index in [4.69, 9.17) is 11.5 Å². The van der Waals surface area contributed by atoms with Crippen molar-refractivity contribution in [2.45, 2.75) is 32.4 Å². The molecule has 0 spiro atoms. The Morgan fingerprint density at radius 2 is 1.80 bits per heavy atom. The van der Waals surface area contributed by atoms with Crippen molar-refractivity contribution in [1.29, 1.82) is 0 Å². The quantitative estimate of drug-likeness (QED) is 0.680. The smallest absolute Gasteiger partial charge is 0.240 e. The fraction of sp³-hybridized carbons (Fsp3) is 0.429. The number of carbonyl (C=O) groups excluding carboxylic acids is 2. The van der Waals surface area contributed by atoms with E-state index in [1.54, 1.807) is 26.0 Å². The summed E-state index contributed by atoms with van der Waals surface area (Å²) in [4.78, 5) is 24.6. The van der Waals surface area contributed by atoms with Crippen molar-refractivity contribution in [3.63, 3.8) is 0 Å². The van der Waals surface area contributed by atoms with Gasteiger partial charge in [-0.3, -0.25) is 9.59 Å². The molecule has 0 radical (unpaired) electrons. The van der Waals surface area contributed by atoms with Crippen LogP contribution in [0.25, 0.3) is 0 Å². The Kier molecular flexibility index (Phi) is 5.52. The van der Waals surface area contributed by atoms with E-state index in [-0.39, 0.29) is 24.2 Å². The highest BCUT2D eigenvalue weighted by Crippen LogP contribution is 2.12. The van der Waals surface area contributed by atoms with E-state index < -0.39 is 11.9 Å². The van der Waals surface area contributed by atoms with Gasteiger partial charge < -0.3 is 21.5 Å². The Balaban J connectivity index is 2.73. The van der Waals surface area contributed by atoms with E-state index in [0.717, 1.165) is 5.56 Å². The molecule has 110 valence electrons. The lowest BCUT2D eigenvalue weighted by atomic mass is 10.0. The van der Waals surface area contributed by atoms with Crippen LogP contribution in [0.3, 0.4) is 0 Å². The first kappa shape index (κ1) is 16.0. The van der Waals surface area contributed by atoms with Gasteiger partial charge >= 0.3 is 0 Å². The monoisotopic (exact) mass is 279 g/mol. The van der Waals surface area contributed by atoms with E-state index in [9.17, 15) is 14.7 Å². The van der Waals surface area contributed by atoms with Crippen LogP contribution in [0.15, 0.2) is 24.3 Å². The van der Waals surface area contributed by atoms with Gasteiger partial charge in [0.15, 0.2) is 0 Å². The van der Waals surface area contributed by atoms with Crippen LogP contribution in [-0.2, 0) is 16.0 Å². The standard InChI is InChI=1S/C14H21N3O3/c1-9(2)17(8-13(16)19)14(20)12(15)7-10-3-5-11(18)6-4-10/h3-6,9,12,18H,7-8,15H2,1-2H3,(H2,16,19)/t12-/m0/s1. The van der Waals surface area contributed by atoms with E-state index in [2.05, 4.69) is 0 Å². The summed E-state index contributed by atoms with van der Waals surface area (Å²) < 4.78 is 0. The number of nitrogens with zero attached hydrogens (tertiary/aromatic N) is 1. The minimum atomic E-state index is -0.749. The van der Waals surface area contributed by atoms with Gasteiger partial charge in [0.2, 0.25) is 11.8 Å². The predicted molar refractivity (Wildman–Crippen MR) is 75.8 cm³/mol. The zero-order valence-corrected chi connectivity index (χ0v) is 11.7. The van der Waals surface area contributed by atoms with Crippen molar-refractivity contribution in [1.82, 2.24) is 4.90 Å². The summed E-state index contributed by atoms with van der Waals surface area (Å²) in [5.41, 5.74) is 11.9. The largest absolute Gasteiger partial charge is 0.508 e. The summed E-state index contributed by atoms with van der Waals surface area (Å²) in [6, 6.07) is 5.58. The number of nitrogens with two attached hydrogens (primary N) is 2. The fourth-order valence-corrected chi connectivity index (χ4v) is 1.87. The molecule has 0 aliphatic rings. The molecule has 0 aromatic heterocycles. The molecule has 20 heavy (non-hydrogen) atoms. The van der Waals surface area contributed by atoms with Crippen LogP contribution in [0.1, 0.15) is 19.4 Å². The minimum absolute atomic E-state index is 0.139. The molecular weight excluding hydrogens is 258 g/mol. The Labute approximate surface area is 118 Å². The number of phenols is 1. The zero-order chi connectivity index (χ0) is 15.3. The SMILES string of the molecule is CC(C)N(CC(N)=O)C(=O)[C@@H](N)Cc1ccc(O)cc1. The van der Waals surface area contributed by atoms with Crippen molar-refractivity contribution in [3.05, 3.63) is 29.8 Å². The van der Waals surface area contributed by atoms with Gasteiger partial charge in [-0.25, -0.2) is 0 Å². The van der Waals surface area contributed by atoms with Gasteiger partial charge in [0.25, 0.3) is 0 Å². The molecule has 0 heterocycles. The average molecular weight is 279 g/mol. The Bertz CT molecular complexity index is 471. The third-order valence-electron chi connectivity index (χ3n) is 2.94. The maximum Gasteiger partial charge on any atom is 0.240 e. The van der Waals surface area contributed by atoms with Crippen LogP contribution in [-0.4, -0.2) is 40.4 Å². The first-order chi connectivity index (χ1) is 9.31. The molecule has 1 aromatic carbocycles. The molecule has 0 saturated heterocycles. The van der Waals surface area contributed by atoms with Gasteiger partial charge in [0.05, 0.1) is 12.6 Å². The van der Waals surface area contributed by atoms with Crippen molar-refractivity contribution < 1.29 is 14.7 Å². The number of hydrogen-bond acceptors (Lipinski definition) is 4. The second-order valence-electron chi connectivity index (χ2n) is 5.00. The van der Waals surface area contributed by atoms with E-state index in [1.165, 1.54) is 17.0 Å². The van der Waals surface area contributed by atoms with Crippen LogP contribution in [0.4, 0.5) is 0 Å². The van der Waals surface area contributed by atoms with Gasteiger partial charge in [-0.2, -0.15) is 0 Å². The summed E-state index contributed by atoms with van der Waals surface area (Å²) in [6.07, 6.45) is 0.334. The van der Waals surface area contributed by atoms with Crippen molar-refractivity contribution >= 4 is 11.8 Å². The molecular formula is C14H21N3O3. The molecule has 0 fully saturated rings. The lowest BCUT2D eigenvalue weighted by Crippen LogP contribution is -2.50. The zero-order valence-electron chi connectivity index (χ0n) is 11.7. The number of carbonyl (C=O) groups is 2. The van der Waals surface area contributed by atoms with Crippen LogP contribution >= 0.6 is 0 Å². The minimum Gasteiger partial charge on any atom is -0.508 e. The number of hydrogen-bond donors (Lipinski definition) is 3. The molecule has 0 aliphatic carbocycles. The number of benzene rings is 1. The van der Waals surface area contributed by atoms with Crippen LogP contribution in [0.5, 0.6) is 5.75 Å². The molecule has 0 saturated carbocycles. The molecule has 1 atom stereocenters. The predicted octanol–water partition coefficient (Wildman–Crippen LogP) is -0.0157. The summed E-state index contributed by atoms with van der Waals surface area (Å²) >= 11 is 0. The number of amides is 2. The molecule has 2 amide bonds. The molecule has 5 N–H and O–H groups in total. The van der Waals surface area contributed by atoms with Crippen molar-refractivity contribution in [2.24, 2.45) is 11.5 Å². The Hall–Kier alpha value is -2.08. The third-order valence-corrected chi connectivity index (χ3v) is 2.94. The molecule has 6 heteroatoms. The van der Waals surface area contributed by atoms with Crippen molar-refractivity contribution in [3.8, 4) is 5.75 Å². The molecule has 0 unspecified atom stereocenters. The second kappa shape index (κ2) is 6.91. The highest BCUT2D eigenvalue weighted by Gasteiger charge is 2.24. The van der Waals surface area contributed by atoms with Crippen LogP contribution < -0.4 is 11.5 Å². The summed E-state index contributed by atoms with van der Waals surface area (Å²) in [6.45, 7) is 3.46. The Morgan fingerprint density at radius 1 is 1.25 bits per heavy atom. The lowest BCUT2D eigenvalue weighted by Gasteiger charge is -2.28. The Morgan fingerprint density at radius 3 is 2.25 bits per heavy atom. The van der Waals surface area contributed by atoms with Crippen molar-refractivity contribution in [2.75, 3.05) is 6.54 Å². The molecule has 1 aromatic rings. The average Bonchev–Trinajstić information content (AvgIpc) is 2.37. The normalized spacial score (nSPS) is 12.2. The van der Waals surface area contributed by atoms with E-state index in [0.29, 0.717) is 6.42 Å². The second-order valence-corrected chi connectivity index (χ2v) is 5.00. The maximum absolute atomic E-state index is 12.2. The number of primary amides is 1. The van der Waals surface area contributed by atoms with Gasteiger partial charge in [-0.05, 0) is 38.0 Å². The first-order valence-corrected chi connectivity index (χ1v) is 6.43. The highest BCUT2D eigenvalue weighted by atomic mass is 16.3. The highest BCUT2D eigenvalue weighted by molar-refractivity contribution is 5.87. The topological polar surface area (TPSA) is 110 Å². The van der Waals surface area contributed by atoms with Gasteiger partial charge in [0, 0.05) is 6.04 Å². The van der Waals surface area contributed by atoms with E-state index in [1.807, 2.05) is 0 Å². The molecule has 0 bridgehead atoms. The molecule has 6 nitrogen and oxygen atoms in total. The maximum atomic E-state index is 12.2. The molecule has 1 rings (SSSR count). The van der Waals surface area contributed by atoms with Crippen LogP contribution in [0, 0.1) is 0 Å².